The molecule has 1 aromatic carbocycles. The molecule has 3 heteroatoms. The molecule has 2 heterocycles. The minimum absolute atomic E-state index is 0.736. The van der Waals surface area contributed by atoms with Gasteiger partial charge in [-0.3, -0.25) is 4.98 Å². The number of pyridine rings is 1. The van der Waals surface area contributed by atoms with Gasteiger partial charge in [0, 0.05) is 30.4 Å². The fourth-order valence-electron chi connectivity index (χ4n) is 3.29. The van der Waals surface area contributed by atoms with Crippen LogP contribution in [0.1, 0.15) is 20.3 Å². The molecule has 19 heavy (non-hydrogen) atoms. The van der Waals surface area contributed by atoms with Gasteiger partial charge in [0.25, 0.3) is 0 Å². The molecule has 2 N–H and O–H groups in total. The van der Waals surface area contributed by atoms with E-state index in [4.69, 9.17) is 5.73 Å². The van der Waals surface area contributed by atoms with Crippen molar-refractivity contribution in [3.63, 3.8) is 0 Å². The molecule has 1 fully saturated rings. The Hall–Kier alpha value is -1.77. The van der Waals surface area contributed by atoms with Gasteiger partial charge in [-0.25, -0.2) is 0 Å². The maximum absolute atomic E-state index is 6.05. The first-order valence-electron chi connectivity index (χ1n) is 7.03. The third-order valence-electron chi connectivity index (χ3n) is 3.99. The lowest BCUT2D eigenvalue weighted by Crippen LogP contribution is -2.38. The first-order valence-corrected chi connectivity index (χ1v) is 7.03. The van der Waals surface area contributed by atoms with Crippen LogP contribution in [0.2, 0.25) is 0 Å². The van der Waals surface area contributed by atoms with Crippen LogP contribution in [-0.2, 0) is 0 Å². The second kappa shape index (κ2) is 4.72. The first kappa shape index (κ1) is 12.3. The largest absolute Gasteiger partial charge is 0.398 e. The van der Waals surface area contributed by atoms with E-state index >= 15 is 0 Å². The van der Waals surface area contributed by atoms with E-state index in [-0.39, 0.29) is 0 Å². The highest BCUT2D eigenvalue weighted by Gasteiger charge is 2.23. The van der Waals surface area contributed by atoms with Crippen LogP contribution in [-0.4, -0.2) is 18.1 Å². The SMILES string of the molecule is CC1CC(C)CN(c2ccc(N)c3cccnc23)C1. The number of hydrogen-bond acceptors (Lipinski definition) is 3. The molecular formula is C16H21N3. The van der Waals surface area contributed by atoms with Crippen molar-refractivity contribution in [1.29, 1.82) is 0 Å². The average Bonchev–Trinajstić information content (AvgIpc) is 2.38. The molecule has 2 atom stereocenters. The number of hydrogen-bond donors (Lipinski definition) is 1. The number of nitrogen functional groups attached to an aromatic ring is 1. The van der Waals surface area contributed by atoms with Gasteiger partial charge >= 0.3 is 0 Å². The number of rotatable bonds is 1. The molecule has 3 nitrogen and oxygen atoms in total. The van der Waals surface area contributed by atoms with E-state index in [1.807, 2.05) is 18.3 Å². The zero-order valence-corrected chi connectivity index (χ0v) is 11.6. The highest BCUT2D eigenvalue weighted by Crippen LogP contribution is 2.33. The number of anilines is 2. The van der Waals surface area contributed by atoms with Crippen molar-refractivity contribution in [1.82, 2.24) is 4.98 Å². The van der Waals surface area contributed by atoms with Crippen LogP contribution >= 0.6 is 0 Å². The molecule has 1 aromatic heterocycles. The van der Waals surface area contributed by atoms with Crippen LogP contribution < -0.4 is 10.6 Å². The maximum atomic E-state index is 6.05. The summed E-state index contributed by atoms with van der Waals surface area (Å²) in [5, 5.41) is 1.06. The number of piperidine rings is 1. The van der Waals surface area contributed by atoms with E-state index in [1.54, 1.807) is 0 Å². The Morgan fingerprint density at radius 2 is 1.89 bits per heavy atom. The maximum Gasteiger partial charge on any atom is 0.0955 e. The summed E-state index contributed by atoms with van der Waals surface area (Å²) in [7, 11) is 0. The molecule has 0 saturated carbocycles. The Morgan fingerprint density at radius 3 is 2.63 bits per heavy atom. The highest BCUT2D eigenvalue weighted by molar-refractivity contribution is 5.98. The van der Waals surface area contributed by atoms with Crippen molar-refractivity contribution < 1.29 is 0 Å². The van der Waals surface area contributed by atoms with Gasteiger partial charge in [-0.05, 0) is 42.5 Å². The summed E-state index contributed by atoms with van der Waals surface area (Å²) in [6.45, 7) is 6.88. The van der Waals surface area contributed by atoms with Gasteiger partial charge in [0.15, 0.2) is 0 Å². The van der Waals surface area contributed by atoms with Crippen molar-refractivity contribution in [2.45, 2.75) is 20.3 Å². The van der Waals surface area contributed by atoms with Crippen LogP contribution in [0.4, 0.5) is 11.4 Å². The average molecular weight is 255 g/mol. The molecule has 100 valence electrons. The van der Waals surface area contributed by atoms with Gasteiger partial charge in [0.05, 0.1) is 11.2 Å². The quantitative estimate of drug-likeness (QED) is 0.795. The Morgan fingerprint density at radius 1 is 1.16 bits per heavy atom. The highest BCUT2D eigenvalue weighted by atomic mass is 15.1. The summed E-state index contributed by atoms with van der Waals surface area (Å²) in [6.07, 6.45) is 3.17. The van der Waals surface area contributed by atoms with Crippen LogP contribution in [0.15, 0.2) is 30.5 Å². The molecule has 0 radical (unpaired) electrons. The number of nitrogens with two attached hydrogens (primary N) is 1. The van der Waals surface area contributed by atoms with Gasteiger partial charge in [0.2, 0.25) is 0 Å². The zero-order chi connectivity index (χ0) is 13.4. The van der Waals surface area contributed by atoms with Crippen molar-refractivity contribution in [3.8, 4) is 0 Å². The Kier molecular flexibility index (Phi) is 3.05. The molecule has 0 amide bonds. The smallest absolute Gasteiger partial charge is 0.0955 e. The summed E-state index contributed by atoms with van der Waals surface area (Å²) in [4.78, 5) is 7.01. The number of fused-ring (bicyclic) bond motifs is 1. The number of nitrogens with zero attached hydrogens (tertiary/aromatic N) is 2. The molecule has 0 bridgehead atoms. The third kappa shape index (κ3) is 2.25. The molecule has 0 spiro atoms. The van der Waals surface area contributed by atoms with E-state index in [9.17, 15) is 0 Å². The summed E-state index contributed by atoms with van der Waals surface area (Å²) >= 11 is 0. The first-order chi connectivity index (χ1) is 9.15. The van der Waals surface area contributed by atoms with Gasteiger partial charge in [-0.1, -0.05) is 13.8 Å². The van der Waals surface area contributed by atoms with Crippen molar-refractivity contribution in [2.75, 3.05) is 23.7 Å². The van der Waals surface area contributed by atoms with Crippen molar-refractivity contribution in [2.24, 2.45) is 11.8 Å². The van der Waals surface area contributed by atoms with Crippen molar-refractivity contribution in [3.05, 3.63) is 30.5 Å². The predicted octanol–water partition coefficient (Wildman–Crippen LogP) is 3.30. The van der Waals surface area contributed by atoms with E-state index in [2.05, 4.69) is 35.9 Å². The van der Waals surface area contributed by atoms with E-state index < -0.39 is 0 Å². The van der Waals surface area contributed by atoms with Crippen LogP contribution in [0.25, 0.3) is 10.9 Å². The minimum Gasteiger partial charge on any atom is -0.398 e. The fourth-order valence-corrected chi connectivity index (χ4v) is 3.29. The second-order valence-corrected chi connectivity index (χ2v) is 5.92. The van der Waals surface area contributed by atoms with Gasteiger partial charge in [-0.15, -0.1) is 0 Å². The van der Waals surface area contributed by atoms with Crippen LogP contribution in [0, 0.1) is 11.8 Å². The molecular weight excluding hydrogens is 234 g/mol. The van der Waals surface area contributed by atoms with E-state index in [0.29, 0.717) is 0 Å². The molecule has 2 unspecified atom stereocenters. The van der Waals surface area contributed by atoms with Crippen LogP contribution in [0.3, 0.4) is 0 Å². The molecule has 1 saturated heterocycles. The molecule has 1 aliphatic heterocycles. The monoisotopic (exact) mass is 255 g/mol. The van der Waals surface area contributed by atoms with Gasteiger partial charge in [0.1, 0.15) is 0 Å². The van der Waals surface area contributed by atoms with Crippen molar-refractivity contribution >= 4 is 22.3 Å². The summed E-state index contributed by atoms with van der Waals surface area (Å²) in [5.41, 5.74) is 9.12. The zero-order valence-electron chi connectivity index (χ0n) is 11.6. The third-order valence-corrected chi connectivity index (χ3v) is 3.99. The van der Waals surface area contributed by atoms with E-state index in [0.717, 1.165) is 41.5 Å². The number of aromatic nitrogens is 1. The second-order valence-electron chi connectivity index (χ2n) is 5.92. The molecule has 0 aliphatic carbocycles. The molecule has 3 rings (SSSR count). The minimum atomic E-state index is 0.736. The lowest BCUT2D eigenvalue weighted by atomic mass is 9.91. The summed E-state index contributed by atoms with van der Waals surface area (Å²) in [6, 6.07) is 8.13. The summed E-state index contributed by atoms with van der Waals surface area (Å²) in [5.74, 6) is 1.47. The van der Waals surface area contributed by atoms with Gasteiger partial charge < -0.3 is 10.6 Å². The lowest BCUT2D eigenvalue weighted by molar-refractivity contribution is 0.357. The van der Waals surface area contributed by atoms with E-state index in [1.165, 1.54) is 12.1 Å². The topological polar surface area (TPSA) is 42.1 Å². The summed E-state index contributed by atoms with van der Waals surface area (Å²) < 4.78 is 0. The van der Waals surface area contributed by atoms with Crippen LogP contribution in [0.5, 0.6) is 0 Å². The van der Waals surface area contributed by atoms with Gasteiger partial charge in [-0.2, -0.15) is 0 Å². The normalized spacial score (nSPS) is 23.8. The lowest BCUT2D eigenvalue weighted by Gasteiger charge is -2.37. The fraction of sp³-hybridized carbons (Fsp3) is 0.438. The molecule has 2 aromatic rings. The number of benzene rings is 1. The Bertz CT molecular complexity index is 584. The Balaban J connectivity index is 2.07. The molecule has 1 aliphatic rings. The standard InChI is InChI=1S/C16H21N3/c1-11-8-12(2)10-19(9-11)15-6-5-14(17)13-4-3-7-18-16(13)15/h3-7,11-12H,8-10,17H2,1-2H3. The predicted molar refractivity (Wildman–Crippen MR) is 81.3 cm³/mol. The Labute approximate surface area is 114 Å².